The van der Waals surface area contributed by atoms with Gasteiger partial charge in [0.15, 0.2) is 5.78 Å². The Labute approximate surface area is 217 Å². The number of hydrogen-bond acceptors (Lipinski definition) is 2. The number of carbonyl (C=O) groups is 1. The van der Waals surface area contributed by atoms with Gasteiger partial charge < -0.3 is 9.79 Å². The Kier molecular flexibility index (Phi) is 8.00. The van der Waals surface area contributed by atoms with Gasteiger partial charge in [-0.25, -0.2) is 0 Å². The summed E-state index contributed by atoms with van der Waals surface area (Å²) in [5.41, 5.74) is -3.72. The lowest BCUT2D eigenvalue weighted by Crippen LogP contribution is -2.30. The normalized spacial score (nSPS) is 13.9. The molecule has 198 valence electrons. The summed E-state index contributed by atoms with van der Waals surface area (Å²) in [7, 11) is -5.79. The van der Waals surface area contributed by atoms with E-state index >= 15 is 8.78 Å². The van der Waals surface area contributed by atoms with Gasteiger partial charge in [-0.3, -0.25) is 9.36 Å². The minimum Gasteiger partial charge on any atom is -0.320 e. The van der Waals surface area contributed by atoms with Crippen LogP contribution in [0.4, 0.5) is 8.78 Å². The first-order valence-corrected chi connectivity index (χ1v) is 13.8. The molecule has 0 saturated carbocycles. The van der Waals surface area contributed by atoms with Crippen molar-refractivity contribution >= 4 is 13.4 Å². The smallest absolute Gasteiger partial charge is 0.320 e. The van der Waals surface area contributed by atoms with Crippen LogP contribution in [0.2, 0.25) is 0 Å². The van der Waals surface area contributed by atoms with Gasteiger partial charge in [0.05, 0.1) is 5.92 Å². The predicted molar refractivity (Wildman–Crippen MR) is 143 cm³/mol. The van der Waals surface area contributed by atoms with Crippen molar-refractivity contribution < 1.29 is 27.9 Å². The molecular weight excluding hydrogens is 493 g/mol. The van der Waals surface area contributed by atoms with Gasteiger partial charge in [0.2, 0.25) is 0 Å². The fourth-order valence-corrected chi connectivity index (χ4v) is 5.43. The van der Waals surface area contributed by atoms with Crippen molar-refractivity contribution in [2.24, 2.45) is 0 Å². The summed E-state index contributed by atoms with van der Waals surface area (Å²) in [5.74, 6) is -0.667. The van der Waals surface area contributed by atoms with Crippen LogP contribution in [-0.4, -0.2) is 15.6 Å². The zero-order valence-electron chi connectivity index (χ0n) is 22.1. The predicted octanol–water partition coefficient (Wildman–Crippen LogP) is 7.72. The number of alkyl halides is 2. The third kappa shape index (κ3) is 6.09. The number of halogens is 2. The molecule has 3 rings (SSSR count). The molecule has 0 aliphatic carbocycles. The standard InChI is InChI=1S/C30H35F2O4P/c1-28(2,3)25-22(17-18-24(26(25)29(4,5)6)30(31,32)37(34,35)36)19-23(20-13-9-7-10-14-20)27(33)21-15-11-8-12-16-21/h7-18,23H,19H2,1-6H3,(H2,34,35,36). The molecule has 2 N–H and O–H groups in total. The Morgan fingerprint density at radius 3 is 1.73 bits per heavy atom. The third-order valence-corrected chi connectivity index (χ3v) is 7.45. The molecule has 0 spiro atoms. The summed E-state index contributed by atoms with van der Waals surface area (Å²) in [5, 5.41) is 0. The first-order chi connectivity index (χ1) is 17.0. The minimum absolute atomic E-state index is 0.0893. The molecule has 0 bridgehead atoms. The highest BCUT2D eigenvalue weighted by Gasteiger charge is 2.53. The van der Waals surface area contributed by atoms with Crippen LogP contribution in [0.5, 0.6) is 0 Å². The van der Waals surface area contributed by atoms with Crippen LogP contribution in [0.25, 0.3) is 0 Å². The van der Waals surface area contributed by atoms with Crippen molar-refractivity contribution in [3.63, 3.8) is 0 Å². The number of carbonyl (C=O) groups excluding carboxylic acids is 1. The maximum absolute atomic E-state index is 15.2. The summed E-state index contributed by atoms with van der Waals surface area (Å²) in [6.07, 6.45) is 0.245. The Hall–Kier alpha value is -2.66. The average Bonchev–Trinajstić information content (AvgIpc) is 2.80. The highest BCUT2D eigenvalue weighted by atomic mass is 31.2. The maximum Gasteiger partial charge on any atom is 0.399 e. The van der Waals surface area contributed by atoms with E-state index in [0.717, 1.165) is 11.6 Å². The Morgan fingerprint density at radius 1 is 0.784 bits per heavy atom. The summed E-state index contributed by atoms with van der Waals surface area (Å²) < 4.78 is 42.3. The van der Waals surface area contributed by atoms with E-state index in [0.29, 0.717) is 16.7 Å². The number of hydrogen-bond donors (Lipinski definition) is 2. The highest BCUT2D eigenvalue weighted by molar-refractivity contribution is 7.52. The third-order valence-electron chi connectivity index (χ3n) is 6.48. The largest absolute Gasteiger partial charge is 0.399 e. The Bertz CT molecular complexity index is 1300. The van der Waals surface area contributed by atoms with Gasteiger partial charge in [-0.15, -0.1) is 0 Å². The van der Waals surface area contributed by atoms with Crippen LogP contribution in [0.1, 0.15) is 85.6 Å². The Balaban J connectivity index is 2.31. The zero-order valence-corrected chi connectivity index (χ0v) is 23.0. The fraction of sp³-hybridized carbons (Fsp3) is 0.367. The summed E-state index contributed by atoms with van der Waals surface area (Å²) in [6.45, 7) is 10.9. The van der Waals surface area contributed by atoms with E-state index in [1.807, 2.05) is 57.2 Å². The van der Waals surface area contributed by atoms with Crippen molar-refractivity contribution in [3.8, 4) is 0 Å². The molecule has 0 heterocycles. The molecule has 0 aliphatic rings. The number of Topliss-reactive ketones (excluding diaryl/α,β-unsaturated/α-hetero) is 1. The van der Waals surface area contributed by atoms with Crippen molar-refractivity contribution in [2.45, 2.75) is 70.4 Å². The topological polar surface area (TPSA) is 74.6 Å². The number of rotatable bonds is 7. The molecule has 0 amide bonds. The van der Waals surface area contributed by atoms with E-state index in [1.54, 1.807) is 45.0 Å². The molecule has 3 aromatic carbocycles. The van der Waals surface area contributed by atoms with Crippen LogP contribution >= 0.6 is 7.60 Å². The highest BCUT2D eigenvalue weighted by Crippen LogP contribution is 2.61. The molecule has 0 saturated heterocycles. The molecule has 7 heteroatoms. The lowest BCUT2D eigenvalue weighted by atomic mass is 9.69. The Morgan fingerprint density at radius 2 is 1.27 bits per heavy atom. The second-order valence-corrected chi connectivity index (χ2v) is 13.2. The molecule has 1 atom stereocenters. The van der Waals surface area contributed by atoms with Gasteiger partial charge in [-0.05, 0) is 39.5 Å². The van der Waals surface area contributed by atoms with Crippen molar-refractivity contribution in [3.05, 3.63) is 106 Å². The minimum atomic E-state index is -5.79. The van der Waals surface area contributed by atoms with Crippen LogP contribution in [0, 0.1) is 0 Å². The second-order valence-electron chi connectivity index (χ2n) is 11.5. The van der Waals surface area contributed by atoms with E-state index in [-0.39, 0.29) is 17.8 Å². The van der Waals surface area contributed by atoms with Crippen LogP contribution < -0.4 is 0 Å². The first-order valence-electron chi connectivity index (χ1n) is 12.2. The molecule has 0 fully saturated rings. The summed E-state index contributed by atoms with van der Waals surface area (Å²) >= 11 is 0. The van der Waals surface area contributed by atoms with Gasteiger partial charge in [0.25, 0.3) is 0 Å². The lowest BCUT2D eigenvalue weighted by Gasteiger charge is -2.37. The van der Waals surface area contributed by atoms with Crippen molar-refractivity contribution in [2.75, 3.05) is 0 Å². The van der Waals surface area contributed by atoms with E-state index in [9.17, 15) is 19.1 Å². The zero-order chi connectivity index (χ0) is 27.8. The van der Waals surface area contributed by atoms with Gasteiger partial charge >= 0.3 is 13.3 Å². The van der Waals surface area contributed by atoms with Crippen LogP contribution in [-0.2, 0) is 27.5 Å². The quantitative estimate of drug-likeness (QED) is 0.243. The van der Waals surface area contributed by atoms with E-state index in [4.69, 9.17) is 0 Å². The van der Waals surface area contributed by atoms with Gasteiger partial charge in [0.1, 0.15) is 0 Å². The van der Waals surface area contributed by atoms with E-state index in [2.05, 4.69) is 0 Å². The van der Waals surface area contributed by atoms with Gasteiger partial charge in [0, 0.05) is 11.1 Å². The molecule has 3 aromatic rings. The average molecular weight is 529 g/mol. The summed E-state index contributed by atoms with van der Waals surface area (Å²) in [4.78, 5) is 32.8. The monoisotopic (exact) mass is 528 g/mol. The van der Waals surface area contributed by atoms with Crippen LogP contribution in [0.15, 0.2) is 72.8 Å². The van der Waals surface area contributed by atoms with E-state index in [1.165, 1.54) is 6.07 Å². The molecule has 0 radical (unpaired) electrons. The molecule has 0 aromatic heterocycles. The SMILES string of the molecule is CC(C)(C)c1c(CC(C(=O)c2ccccc2)c2ccccc2)ccc(C(F)(F)P(=O)(O)O)c1C(C)(C)C. The summed E-state index contributed by atoms with van der Waals surface area (Å²) in [6, 6.07) is 20.9. The lowest BCUT2D eigenvalue weighted by molar-refractivity contribution is 0.0544. The van der Waals surface area contributed by atoms with Crippen molar-refractivity contribution in [1.82, 2.24) is 0 Å². The van der Waals surface area contributed by atoms with Crippen molar-refractivity contribution in [1.29, 1.82) is 0 Å². The number of ketones is 1. The van der Waals surface area contributed by atoms with Gasteiger partial charge in [-0.1, -0.05) is 114 Å². The van der Waals surface area contributed by atoms with Gasteiger partial charge in [-0.2, -0.15) is 8.78 Å². The molecule has 37 heavy (non-hydrogen) atoms. The molecule has 1 unspecified atom stereocenters. The fourth-order valence-electron chi connectivity index (χ4n) is 4.93. The molecular formula is C30H35F2O4P. The maximum atomic E-state index is 15.2. The molecule has 4 nitrogen and oxygen atoms in total. The van der Waals surface area contributed by atoms with E-state index < -0.39 is 35.6 Å². The number of benzene rings is 3. The molecule has 0 aliphatic heterocycles. The van der Waals surface area contributed by atoms with Crippen LogP contribution in [0.3, 0.4) is 0 Å². The first kappa shape index (κ1) is 28.9. The second kappa shape index (κ2) is 10.2.